The minimum atomic E-state index is -2.79. The molecule has 14 heavy (non-hydrogen) atoms. The van der Waals surface area contributed by atoms with E-state index in [0.717, 1.165) is 15.6 Å². The highest BCUT2D eigenvalue weighted by atomic mass is 79.9. The number of alkyl halides is 3. The van der Waals surface area contributed by atoms with Crippen molar-refractivity contribution in [2.24, 2.45) is 0 Å². The summed E-state index contributed by atoms with van der Waals surface area (Å²) in [6.07, 6.45) is 0. The van der Waals surface area contributed by atoms with Gasteiger partial charge in [0.2, 0.25) is 0 Å². The van der Waals surface area contributed by atoms with Gasteiger partial charge in [0.1, 0.15) is 5.75 Å². The van der Waals surface area contributed by atoms with Crippen LogP contribution < -0.4 is 4.74 Å². The molecule has 0 heterocycles. The summed E-state index contributed by atoms with van der Waals surface area (Å²) in [5, 5.41) is 0.494. The zero-order chi connectivity index (χ0) is 10.7. The van der Waals surface area contributed by atoms with E-state index in [2.05, 4.69) is 36.6 Å². The molecule has 0 atom stereocenters. The third-order valence-corrected chi connectivity index (χ3v) is 2.77. The van der Waals surface area contributed by atoms with E-state index in [1.165, 1.54) is 6.07 Å². The summed E-state index contributed by atoms with van der Waals surface area (Å²) in [5.41, 5.74) is 1.65. The lowest BCUT2D eigenvalue weighted by Crippen LogP contribution is -2.04. The lowest BCUT2D eigenvalue weighted by Gasteiger charge is -2.11. The van der Waals surface area contributed by atoms with Crippen LogP contribution in [0, 0.1) is 6.92 Å². The smallest absolute Gasteiger partial charge is 0.387 e. The van der Waals surface area contributed by atoms with Crippen LogP contribution in [0.4, 0.5) is 8.78 Å². The number of aryl methyl sites for hydroxylation is 1. The average molecular weight is 330 g/mol. The van der Waals surface area contributed by atoms with E-state index in [1.807, 2.05) is 13.0 Å². The molecule has 0 saturated heterocycles. The Hall–Kier alpha value is -0.160. The minimum Gasteiger partial charge on any atom is -0.434 e. The molecule has 0 aromatic heterocycles. The van der Waals surface area contributed by atoms with E-state index in [-0.39, 0.29) is 5.75 Å². The van der Waals surface area contributed by atoms with Crippen molar-refractivity contribution >= 4 is 31.9 Å². The van der Waals surface area contributed by atoms with Crippen molar-refractivity contribution in [3.63, 3.8) is 0 Å². The van der Waals surface area contributed by atoms with Crippen LogP contribution in [0.2, 0.25) is 0 Å². The molecule has 0 radical (unpaired) electrons. The van der Waals surface area contributed by atoms with Crippen LogP contribution in [0.5, 0.6) is 5.75 Å². The summed E-state index contributed by atoms with van der Waals surface area (Å²) < 4.78 is 29.2. The van der Waals surface area contributed by atoms with Crippen molar-refractivity contribution in [2.75, 3.05) is 0 Å². The van der Waals surface area contributed by atoms with Gasteiger partial charge in [0.05, 0.1) is 0 Å². The van der Waals surface area contributed by atoms with Crippen molar-refractivity contribution in [3.05, 3.63) is 27.7 Å². The summed E-state index contributed by atoms with van der Waals surface area (Å²) in [5.74, 6) is 0.212. The van der Waals surface area contributed by atoms with Gasteiger partial charge in [0.15, 0.2) is 0 Å². The number of hydrogen-bond acceptors (Lipinski definition) is 1. The molecule has 0 spiro atoms. The third-order valence-electron chi connectivity index (χ3n) is 1.75. The average Bonchev–Trinajstić information content (AvgIpc) is 2.01. The molecule has 1 aromatic carbocycles. The van der Waals surface area contributed by atoms with Gasteiger partial charge >= 0.3 is 6.61 Å². The van der Waals surface area contributed by atoms with E-state index < -0.39 is 6.61 Å². The summed E-state index contributed by atoms with van der Waals surface area (Å²) in [6, 6.07) is 3.39. The molecular formula is C9H8Br2F2O. The lowest BCUT2D eigenvalue weighted by molar-refractivity contribution is -0.0503. The second-order valence-electron chi connectivity index (χ2n) is 2.71. The molecule has 0 aliphatic rings. The SMILES string of the molecule is Cc1cc(Br)cc(OC(F)F)c1CBr. The fraction of sp³-hybridized carbons (Fsp3) is 0.333. The fourth-order valence-corrected chi connectivity index (χ4v) is 2.38. The monoisotopic (exact) mass is 328 g/mol. The molecule has 0 amide bonds. The van der Waals surface area contributed by atoms with Crippen molar-refractivity contribution < 1.29 is 13.5 Å². The van der Waals surface area contributed by atoms with Crippen molar-refractivity contribution in [1.82, 2.24) is 0 Å². The maximum absolute atomic E-state index is 12.0. The van der Waals surface area contributed by atoms with Crippen LogP contribution >= 0.6 is 31.9 Å². The van der Waals surface area contributed by atoms with Crippen LogP contribution in [0.15, 0.2) is 16.6 Å². The zero-order valence-electron chi connectivity index (χ0n) is 7.36. The van der Waals surface area contributed by atoms with Gasteiger partial charge in [-0.3, -0.25) is 0 Å². The molecular weight excluding hydrogens is 322 g/mol. The molecule has 0 saturated carbocycles. The number of rotatable bonds is 3. The highest BCUT2D eigenvalue weighted by Crippen LogP contribution is 2.30. The molecule has 0 aliphatic carbocycles. The number of hydrogen-bond donors (Lipinski definition) is 0. The summed E-state index contributed by atoms with van der Waals surface area (Å²) in [7, 11) is 0. The van der Waals surface area contributed by atoms with Gasteiger partial charge in [-0.25, -0.2) is 0 Å². The van der Waals surface area contributed by atoms with Crippen molar-refractivity contribution in [3.8, 4) is 5.75 Å². The molecule has 5 heteroatoms. The molecule has 0 fully saturated rings. The van der Waals surface area contributed by atoms with Gasteiger partial charge in [-0.2, -0.15) is 8.78 Å². The zero-order valence-corrected chi connectivity index (χ0v) is 10.5. The van der Waals surface area contributed by atoms with Crippen LogP contribution in [0.3, 0.4) is 0 Å². The second-order valence-corrected chi connectivity index (χ2v) is 4.19. The Bertz CT molecular complexity index is 329. The number of ether oxygens (including phenoxy) is 1. The van der Waals surface area contributed by atoms with Crippen molar-refractivity contribution in [2.45, 2.75) is 18.9 Å². The van der Waals surface area contributed by atoms with Gasteiger partial charge in [-0.1, -0.05) is 31.9 Å². The van der Waals surface area contributed by atoms with Gasteiger partial charge in [0, 0.05) is 15.4 Å². The molecule has 0 unspecified atom stereocenters. The first kappa shape index (κ1) is 11.9. The standard InChI is InChI=1S/C9H8Br2F2O/c1-5-2-6(11)3-8(7(5)4-10)14-9(12)13/h2-3,9H,4H2,1H3. The maximum Gasteiger partial charge on any atom is 0.387 e. The Morgan fingerprint density at radius 3 is 2.57 bits per heavy atom. The molecule has 0 N–H and O–H groups in total. The second kappa shape index (κ2) is 5.07. The largest absolute Gasteiger partial charge is 0.434 e. The topological polar surface area (TPSA) is 9.23 Å². The van der Waals surface area contributed by atoms with E-state index >= 15 is 0 Å². The quantitative estimate of drug-likeness (QED) is 0.753. The Morgan fingerprint density at radius 1 is 1.43 bits per heavy atom. The summed E-state index contributed by atoms with van der Waals surface area (Å²) in [4.78, 5) is 0. The predicted octanol–water partition coefficient (Wildman–Crippen LogP) is 4.25. The molecule has 1 rings (SSSR count). The first-order valence-electron chi connectivity index (χ1n) is 3.84. The highest BCUT2D eigenvalue weighted by molar-refractivity contribution is 9.10. The number of benzene rings is 1. The van der Waals surface area contributed by atoms with Gasteiger partial charge < -0.3 is 4.74 Å². The molecule has 78 valence electrons. The maximum atomic E-state index is 12.0. The first-order chi connectivity index (χ1) is 6.54. The molecule has 0 aliphatic heterocycles. The van der Waals surface area contributed by atoms with E-state index in [9.17, 15) is 8.78 Å². The summed E-state index contributed by atoms with van der Waals surface area (Å²) in [6.45, 7) is -0.943. The van der Waals surface area contributed by atoms with Gasteiger partial charge in [-0.05, 0) is 24.6 Å². The third kappa shape index (κ3) is 2.92. The van der Waals surface area contributed by atoms with Crippen LogP contribution in [0.25, 0.3) is 0 Å². The normalized spacial score (nSPS) is 10.7. The lowest BCUT2D eigenvalue weighted by atomic mass is 10.1. The van der Waals surface area contributed by atoms with E-state index in [4.69, 9.17) is 0 Å². The Balaban J connectivity index is 3.11. The fourth-order valence-electron chi connectivity index (χ4n) is 1.11. The van der Waals surface area contributed by atoms with Crippen LogP contribution in [0.1, 0.15) is 11.1 Å². The Kier molecular flexibility index (Phi) is 4.31. The Labute approximate surface area is 97.7 Å². The highest BCUT2D eigenvalue weighted by Gasteiger charge is 2.11. The van der Waals surface area contributed by atoms with Gasteiger partial charge in [0.25, 0.3) is 0 Å². The van der Waals surface area contributed by atoms with E-state index in [1.54, 1.807) is 0 Å². The van der Waals surface area contributed by atoms with Crippen LogP contribution in [-0.2, 0) is 5.33 Å². The van der Waals surface area contributed by atoms with Gasteiger partial charge in [-0.15, -0.1) is 0 Å². The predicted molar refractivity (Wildman–Crippen MR) is 58.1 cm³/mol. The first-order valence-corrected chi connectivity index (χ1v) is 5.76. The van der Waals surface area contributed by atoms with Crippen molar-refractivity contribution in [1.29, 1.82) is 0 Å². The summed E-state index contributed by atoms with van der Waals surface area (Å²) >= 11 is 6.46. The minimum absolute atomic E-state index is 0.212. The number of halogens is 4. The molecule has 1 nitrogen and oxygen atoms in total. The molecule has 0 bridgehead atoms. The van der Waals surface area contributed by atoms with E-state index in [0.29, 0.717) is 5.33 Å². The Morgan fingerprint density at radius 2 is 2.07 bits per heavy atom. The molecule has 1 aromatic rings. The van der Waals surface area contributed by atoms with Crippen LogP contribution in [-0.4, -0.2) is 6.61 Å².